The van der Waals surface area contributed by atoms with Gasteiger partial charge in [0.2, 0.25) is 0 Å². The number of aromatic nitrogens is 1. The second kappa shape index (κ2) is 7.32. The Labute approximate surface area is 153 Å². The number of anilines is 1. The van der Waals surface area contributed by atoms with E-state index in [-0.39, 0.29) is 11.6 Å². The molecule has 3 aromatic rings. The van der Waals surface area contributed by atoms with E-state index in [9.17, 15) is 14.9 Å². The van der Waals surface area contributed by atoms with Gasteiger partial charge in [-0.15, -0.1) is 0 Å². The maximum absolute atomic E-state index is 12.8. The molecule has 0 unspecified atom stereocenters. The molecule has 0 saturated heterocycles. The number of hydrogen-bond acceptors (Lipinski definition) is 5. The highest BCUT2D eigenvalue weighted by atomic mass is 32.1. The summed E-state index contributed by atoms with van der Waals surface area (Å²) in [5, 5.41) is 13.7. The molecule has 3 rings (SSSR count). The molecule has 0 fully saturated rings. The Morgan fingerprint density at radius 3 is 2.38 bits per heavy atom. The van der Waals surface area contributed by atoms with Crippen LogP contribution in [0.5, 0.6) is 0 Å². The highest BCUT2D eigenvalue weighted by molar-refractivity contribution is 7.12. The summed E-state index contributed by atoms with van der Waals surface area (Å²) in [6, 6.07) is 15.3. The van der Waals surface area contributed by atoms with Crippen LogP contribution in [0.4, 0.5) is 11.4 Å². The predicted octanol–water partition coefficient (Wildman–Crippen LogP) is 3.44. The molecule has 8 heteroatoms. The number of benzene rings is 2. The molecule has 7 nitrogen and oxygen atoms in total. The molecule has 0 spiro atoms. The third-order valence-corrected chi connectivity index (χ3v) is 5.03. The number of rotatable bonds is 4. The molecule has 1 N–H and O–H groups in total. The molecule has 1 heterocycles. The maximum Gasteiger partial charge on any atom is 0.269 e. The molecule has 0 bridgehead atoms. The normalized spacial score (nSPS) is 11.4. The van der Waals surface area contributed by atoms with E-state index in [0.717, 1.165) is 0 Å². The van der Waals surface area contributed by atoms with Gasteiger partial charge in [-0.05, 0) is 24.3 Å². The molecule has 0 radical (unpaired) electrons. The van der Waals surface area contributed by atoms with Gasteiger partial charge in [-0.1, -0.05) is 29.5 Å². The number of para-hydroxylation sites is 1. The van der Waals surface area contributed by atoms with Gasteiger partial charge in [0.05, 0.1) is 10.6 Å². The van der Waals surface area contributed by atoms with Crippen LogP contribution in [0.1, 0.15) is 9.67 Å². The van der Waals surface area contributed by atoms with Crippen LogP contribution < -0.4 is 10.1 Å². The predicted molar refractivity (Wildman–Crippen MR) is 101 cm³/mol. The number of nitrogens with one attached hydrogen (secondary N) is 1. The fraction of sp³-hybridized carbons (Fsp3) is 0.111. The molecule has 1 aromatic heterocycles. The molecule has 0 saturated carbocycles. The first-order valence-corrected chi connectivity index (χ1v) is 8.56. The van der Waals surface area contributed by atoms with Crippen molar-refractivity contribution >= 4 is 28.6 Å². The monoisotopic (exact) mass is 368 g/mol. The van der Waals surface area contributed by atoms with Crippen molar-refractivity contribution in [3.63, 3.8) is 0 Å². The molecule has 132 valence electrons. The number of non-ortho nitro benzene ring substituents is 1. The van der Waals surface area contributed by atoms with Crippen LogP contribution in [-0.2, 0) is 7.05 Å². The van der Waals surface area contributed by atoms with Crippen molar-refractivity contribution in [1.29, 1.82) is 0 Å². The molecule has 0 aliphatic carbocycles. The Morgan fingerprint density at radius 2 is 1.81 bits per heavy atom. The van der Waals surface area contributed by atoms with Crippen LogP contribution in [0, 0.1) is 10.1 Å². The van der Waals surface area contributed by atoms with Gasteiger partial charge in [-0.2, -0.15) is 0 Å². The average molecular weight is 368 g/mol. The van der Waals surface area contributed by atoms with Gasteiger partial charge in [0.25, 0.3) is 11.6 Å². The number of amides is 1. The number of carbonyl (C=O) groups excluding carboxylic acids is 1. The number of hydrogen-bond donors (Lipinski definition) is 1. The fourth-order valence-electron chi connectivity index (χ4n) is 2.58. The molecule has 0 aliphatic rings. The van der Waals surface area contributed by atoms with E-state index >= 15 is 0 Å². The first-order chi connectivity index (χ1) is 12.5. The topological polar surface area (TPSA) is 89.5 Å². The fourth-order valence-corrected chi connectivity index (χ4v) is 3.58. The van der Waals surface area contributed by atoms with E-state index in [2.05, 4.69) is 10.3 Å². The van der Waals surface area contributed by atoms with Gasteiger partial charge >= 0.3 is 0 Å². The lowest BCUT2D eigenvalue weighted by atomic mass is 10.1. The van der Waals surface area contributed by atoms with E-state index in [1.165, 1.54) is 23.5 Å². The Morgan fingerprint density at radius 1 is 1.15 bits per heavy atom. The van der Waals surface area contributed by atoms with E-state index in [1.54, 1.807) is 19.2 Å². The van der Waals surface area contributed by atoms with Gasteiger partial charge < -0.3 is 9.88 Å². The van der Waals surface area contributed by atoms with E-state index in [4.69, 9.17) is 0 Å². The van der Waals surface area contributed by atoms with Crippen LogP contribution in [0.2, 0.25) is 0 Å². The molecule has 0 aliphatic heterocycles. The zero-order valence-electron chi connectivity index (χ0n) is 14.2. The van der Waals surface area contributed by atoms with Crippen LogP contribution in [0.3, 0.4) is 0 Å². The van der Waals surface area contributed by atoms with Crippen molar-refractivity contribution in [3.8, 4) is 11.3 Å². The highest BCUT2D eigenvalue weighted by Crippen LogP contribution is 2.28. The van der Waals surface area contributed by atoms with Crippen molar-refractivity contribution in [3.05, 3.63) is 74.4 Å². The summed E-state index contributed by atoms with van der Waals surface area (Å²) < 4.78 is 1.81. The zero-order valence-corrected chi connectivity index (χ0v) is 15.0. The molecular weight excluding hydrogens is 352 g/mol. The van der Waals surface area contributed by atoms with Crippen molar-refractivity contribution in [2.45, 2.75) is 0 Å². The first kappa shape index (κ1) is 17.6. The maximum atomic E-state index is 12.8. The molecule has 0 atom stereocenters. The highest BCUT2D eigenvalue weighted by Gasteiger charge is 2.20. The minimum absolute atomic E-state index is 0.00215. The summed E-state index contributed by atoms with van der Waals surface area (Å²) >= 11 is 1.27. The third-order valence-electron chi connectivity index (χ3n) is 3.81. The summed E-state index contributed by atoms with van der Waals surface area (Å²) in [6.45, 7) is 0. The minimum Gasteiger partial charge on any atom is -0.321 e. The number of nitrogens with zero attached hydrogens (tertiary/aromatic N) is 3. The lowest BCUT2D eigenvalue weighted by molar-refractivity contribution is -0.384. The minimum atomic E-state index is -0.451. The average Bonchev–Trinajstić information content (AvgIpc) is 2.99. The quantitative estimate of drug-likeness (QED) is 0.565. The SMILES string of the molecule is CN=c1sc(C(=O)Nc2ccccc2)c(-c2ccc([N+](=O)[O-])cc2)n1C. The third kappa shape index (κ3) is 3.40. The number of nitro groups is 1. The van der Waals surface area contributed by atoms with Crippen LogP contribution in [0.15, 0.2) is 59.6 Å². The molecular formula is C18H16N4O3S. The van der Waals surface area contributed by atoms with Crippen molar-refractivity contribution in [2.24, 2.45) is 12.0 Å². The zero-order chi connectivity index (χ0) is 18.7. The van der Waals surface area contributed by atoms with Crippen LogP contribution in [-0.4, -0.2) is 22.4 Å². The Kier molecular flexibility index (Phi) is 4.94. The molecule has 2 aromatic carbocycles. The summed E-state index contributed by atoms with van der Waals surface area (Å²) in [4.78, 5) is 28.6. The van der Waals surface area contributed by atoms with Gasteiger partial charge in [-0.25, -0.2) is 0 Å². The molecule has 26 heavy (non-hydrogen) atoms. The number of nitro benzene ring substituents is 1. The van der Waals surface area contributed by atoms with Crippen molar-refractivity contribution in [2.75, 3.05) is 12.4 Å². The number of carbonyl (C=O) groups is 1. The van der Waals surface area contributed by atoms with Gasteiger partial charge in [0, 0.05) is 37.5 Å². The second-order valence-electron chi connectivity index (χ2n) is 5.47. The van der Waals surface area contributed by atoms with Gasteiger partial charge in [0.15, 0.2) is 4.80 Å². The van der Waals surface area contributed by atoms with Gasteiger partial charge in [-0.3, -0.25) is 19.9 Å². The lowest BCUT2D eigenvalue weighted by Gasteiger charge is -2.08. The Balaban J connectivity index is 2.06. The summed E-state index contributed by atoms with van der Waals surface area (Å²) in [7, 11) is 3.47. The van der Waals surface area contributed by atoms with E-state index in [1.807, 2.05) is 41.9 Å². The smallest absolute Gasteiger partial charge is 0.269 e. The summed E-state index contributed by atoms with van der Waals surface area (Å²) in [5.74, 6) is -0.250. The standard InChI is InChI=1S/C18H16N4O3S/c1-19-18-21(2)15(12-8-10-14(11-9-12)22(24)25)16(26-18)17(23)20-13-6-4-3-5-7-13/h3-11H,1-2H3,(H,20,23). The second-order valence-corrected chi connectivity index (χ2v) is 6.45. The summed E-state index contributed by atoms with van der Waals surface area (Å²) in [6.07, 6.45) is 0. The van der Waals surface area contributed by atoms with Crippen molar-refractivity contribution < 1.29 is 9.72 Å². The molecule has 1 amide bonds. The van der Waals surface area contributed by atoms with E-state index in [0.29, 0.717) is 26.6 Å². The van der Waals surface area contributed by atoms with Crippen LogP contribution >= 0.6 is 11.3 Å². The number of thiazole rings is 1. The van der Waals surface area contributed by atoms with E-state index < -0.39 is 4.92 Å². The lowest BCUT2D eigenvalue weighted by Crippen LogP contribution is -2.13. The first-order valence-electron chi connectivity index (χ1n) is 7.75. The van der Waals surface area contributed by atoms with Crippen LogP contribution in [0.25, 0.3) is 11.3 Å². The van der Waals surface area contributed by atoms with Crippen molar-refractivity contribution in [1.82, 2.24) is 4.57 Å². The largest absolute Gasteiger partial charge is 0.321 e. The summed E-state index contributed by atoms with van der Waals surface area (Å²) in [5.41, 5.74) is 2.07. The Bertz CT molecular complexity index is 1020. The van der Waals surface area contributed by atoms with Gasteiger partial charge in [0.1, 0.15) is 4.88 Å². The Hall–Kier alpha value is -3.26.